The van der Waals surface area contributed by atoms with Gasteiger partial charge in [0.05, 0.1) is 19.1 Å². The summed E-state index contributed by atoms with van der Waals surface area (Å²) in [5, 5.41) is 0. The summed E-state index contributed by atoms with van der Waals surface area (Å²) in [6, 6.07) is 0. The fourth-order valence-electron chi connectivity index (χ4n) is 1.29. The van der Waals surface area contributed by atoms with E-state index in [1.165, 1.54) is 6.92 Å². The van der Waals surface area contributed by atoms with Crippen molar-refractivity contribution in [2.24, 2.45) is 0 Å². The zero-order valence-electron chi connectivity index (χ0n) is 8.04. The minimum absolute atomic E-state index is 0.0319. The van der Waals surface area contributed by atoms with Gasteiger partial charge in [0.1, 0.15) is 11.6 Å². The molecule has 3 nitrogen and oxygen atoms in total. The number of hydrogen-bond donors (Lipinski definition) is 0. The summed E-state index contributed by atoms with van der Waals surface area (Å²) in [7, 11) is 0. The summed E-state index contributed by atoms with van der Waals surface area (Å²) in [5.41, 5.74) is 0. The van der Waals surface area contributed by atoms with Crippen LogP contribution in [-0.4, -0.2) is 24.3 Å². The highest BCUT2D eigenvalue weighted by atomic mass is 16.6. The van der Waals surface area contributed by atoms with E-state index in [1.807, 2.05) is 0 Å². The maximum atomic E-state index is 11.1. The van der Waals surface area contributed by atoms with E-state index in [4.69, 9.17) is 4.74 Å². The van der Waals surface area contributed by atoms with Gasteiger partial charge in [0.2, 0.25) is 0 Å². The van der Waals surface area contributed by atoms with Crippen molar-refractivity contribution < 1.29 is 14.3 Å². The molecule has 0 aromatic heterocycles. The smallest absolute Gasteiger partial charge is 0.140 e. The van der Waals surface area contributed by atoms with E-state index < -0.39 is 0 Å². The molecular weight excluding hydrogens is 168 g/mol. The molecule has 74 valence electrons. The molecule has 0 aliphatic carbocycles. The lowest BCUT2D eigenvalue weighted by atomic mass is 10.1. The van der Waals surface area contributed by atoms with E-state index in [2.05, 4.69) is 0 Å². The second-order valence-corrected chi connectivity index (χ2v) is 3.62. The molecule has 0 radical (unpaired) electrons. The second-order valence-electron chi connectivity index (χ2n) is 3.62. The largest absolute Gasteiger partial charge is 0.373 e. The molecule has 1 fully saturated rings. The Kier molecular flexibility index (Phi) is 4.09. The number of carbonyl (C=O) groups excluding carboxylic acids is 2. The van der Waals surface area contributed by atoms with Crippen LogP contribution in [0.25, 0.3) is 0 Å². The number of hydrogen-bond acceptors (Lipinski definition) is 3. The number of Topliss-reactive ketones (excluding diaryl/α,β-unsaturated/α-hetero) is 2. The van der Waals surface area contributed by atoms with Crippen LogP contribution in [0.1, 0.15) is 39.0 Å². The first-order valence-corrected chi connectivity index (χ1v) is 4.81. The lowest BCUT2D eigenvalue weighted by Gasteiger charge is -1.97. The van der Waals surface area contributed by atoms with Gasteiger partial charge >= 0.3 is 0 Å². The molecule has 1 rings (SSSR count). The standard InChI is InChI=1S/C10H16O3/c1-8(11)6-9(12)4-2-3-5-10-7-13-10/h10H,2-7H2,1H3. The third-order valence-corrected chi connectivity index (χ3v) is 2.08. The Balaban J connectivity index is 1.91. The lowest BCUT2D eigenvalue weighted by molar-refractivity contribution is -0.125. The number of epoxide rings is 1. The Morgan fingerprint density at radius 1 is 1.38 bits per heavy atom. The van der Waals surface area contributed by atoms with Gasteiger partial charge in [0.15, 0.2) is 0 Å². The quantitative estimate of drug-likeness (QED) is 0.342. The molecule has 1 aliphatic heterocycles. The van der Waals surface area contributed by atoms with Crippen molar-refractivity contribution in [3.05, 3.63) is 0 Å². The van der Waals surface area contributed by atoms with Crippen molar-refractivity contribution in [3.63, 3.8) is 0 Å². The zero-order chi connectivity index (χ0) is 9.68. The van der Waals surface area contributed by atoms with Crippen LogP contribution in [0.15, 0.2) is 0 Å². The van der Waals surface area contributed by atoms with Gasteiger partial charge in [0.25, 0.3) is 0 Å². The van der Waals surface area contributed by atoms with Gasteiger partial charge in [0, 0.05) is 6.42 Å². The number of carbonyl (C=O) groups is 2. The van der Waals surface area contributed by atoms with Crippen LogP contribution >= 0.6 is 0 Å². The van der Waals surface area contributed by atoms with Crippen molar-refractivity contribution in [2.45, 2.75) is 45.1 Å². The van der Waals surface area contributed by atoms with Gasteiger partial charge in [-0.15, -0.1) is 0 Å². The zero-order valence-corrected chi connectivity index (χ0v) is 8.04. The molecule has 1 heterocycles. The molecule has 1 aliphatic rings. The average Bonchev–Trinajstić information content (AvgIpc) is 2.80. The third kappa shape index (κ3) is 5.53. The minimum Gasteiger partial charge on any atom is -0.373 e. The van der Waals surface area contributed by atoms with Gasteiger partial charge < -0.3 is 4.74 Å². The van der Waals surface area contributed by atoms with Crippen molar-refractivity contribution in [1.82, 2.24) is 0 Å². The number of unbranched alkanes of at least 4 members (excludes halogenated alkanes) is 1. The summed E-state index contributed by atoms with van der Waals surface area (Å²) in [4.78, 5) is 21.6. The molecule has 1 atom stereocenters. The van der Waals surface area contributed by atoms with Crippen LogP contribution in [-0.2, 0) is 14.3 Å². The molecule has 0 amide bonds. The monoisotopic (exact) mass is 184 g/mol. The Morgan fingerprint density at radius 3 is 2.62 bits per heavy atom. The molecule has 1 unspecified atom stereocenters. The summed E-state index contributed by atoms with van der Waals surface area (Å²) < 4.78 is 5.04. The summed E-state index contributed by atoms with van der Waals surface area (Å²) in [6.45, 7) is 2.34. The van der Waals surface area contributed by atoms with Gasteiger partial charge in [-0.3, -0.25) is 9.59 Å². The van der Waals surface area contributed by atoms with Crippen molar-refractivity contribution in [1.29, 1.82) is 0 Å². The molecule has 0 bridgehead atoms. The van der Waals surface area contributed by atoms with E-state index in [0.717, 1.165) is 25.9 Å². The fraction of sp³-hybridized carbons (Fsp3) is 0.800. The Bertz CT molecular complexity index is 194. The van der Waals surface area contributed by atoms with Crippen molar-refractivity contribution in [2.75, 3.05) is 6.61 Å². The van der Waals surface area contributed by atoms with Gasteiger partial charge in [-0.1, -0.05) is 6.42 Å². The Morgan fingerprint density at radius 2 is 2.08 bits per heavy atom. The van der Waals surface area contributed by atoms with Gasteiger partial charge in [-0.25, -0.2) is 0 Å². The first-order chi connectivity index (χ1) is 6.18. The van der Waals surface area contributed by atoms with Gasteiger partial charge in [-0.05, 0) is 19.8 Å². The van der Waals surface area contributed by atoms with Crippen molar-refractivity contribution >= 4 is 11.6 Å². The third-order valence-electron chi connectivity index (χ3n) is 2.08. The van der Waals surface area contributed by atoms with Crippen LogP contribution in [0.5, 0.6) is 0 Å². The Hall–Kier alpha value is -0.700. The highest BCUT2D eigenvalue weighted by Crippen LogP contribution is 2.17. The maximum absolute atomic E-state index is 11.1. The first kappa shape index (κ1) is 10.4. The van der Waals surface area contributed by atoms with Crippen LogP contribution < -0.4 is 0 Å². The van der Waals surface area contributed by atoms with E-state index in [1.54, 1.807) is 0 Å². The molecular formula is C10H16O3. The van der Waals surface area contributed by atoms with E-state index in [-0.39, 0.29) is 18.0 Å². The maximum Gasteiger partial charge on any atom is 0.140 e. The number of ether oxygens (including phenoxy) is 1. The molecule has 1 saturated heterocycles. The summed E-state index contributed by atoms with van der Waals surface area (Å²) >= 11 is 0. The summed E-state index contributed by atoms with van der Waals surface area (Å²) in [5.74, 6) is 0.0414. The topological polar surface area (TPSA) is 46.7 Å². The van der Waals surface area contributed by atoms with Crippen LogP contribution in [0, 0.1) is 0 Å². The first-order valence-electron chi connectivity index (χ1n) is 4.81. The van der Waals surface area contributed by atoms with Crippen LogP contribution in [0.4, 0.5) is 0 Å². The molecule has 0 aromatic rings. The predicted molar refractivity (Wildman–Crippen MR) is 48.5 cm³/mol. The molecule has 0 N–H and O–H groups in total. The van der Waals surface area contributed by atoms with Crippen LogP contribution in [0.2, 0.25) is 0 Å². The molecule has 13 heavy (non-hydrogen) atoms. The average molecular weight is 184 g/mol. The normalized spacial score (nSPS) is 19.9. The molecule has 0 spiro atoms. The minimum atomic E-state index is -0.0319. The van der Waals surface area contributed by atoms with E-state index in [9.17, 15) is 9.59 Å². The van der Waals surface area contributed by atoms with Crippen LogP contribution in [0.3, 0.4) is 0 Å². The summed E-state index contributed by atoms with van der Waals surface area (Å²) in [6.07, 6.45) is 4.11. The fourth-order valence-corrected chi connectivity index (χ4v) is 1.29. The lowest BCUT2D eigenvalue weighted by Crippen LogP contribution is -2.03. The SMILES string of the molecule is CC(=O)CC(=O)CCCCC1CO1. The molecule has 0 saturated carbocycles. The number of rotatable bonds is 7. The predicted octanol–water partition coefficient (Wildman–Crippen LogP) is 1.49. The number of ketones is 2. The molecule has 3 heteroatoms. The van der Waals surface area contributed by atoms with E-state index >= 15 is 0 Å². The highest BCUT2D eigenvalue weighted by Gasteiger charge is 2.21. The van der Waals surface area contributed by atoms with E-state index in [0.29, 0.717) is 12.5 Å². The Labute approximate surface area is 78.5 Å². The van der Waals surface area contributed by atoms with Gasteiger partial charge in [-0.2, -0.15) is 0 Å². The second kappa shape index (κ2) is 5.12. The van der Waals surface area contributed by atoms with Crippen molar-refractivity contribution in [3.8, 4) is 0 Å². The highest BCUT2D eigenvalue weighted by molar-refractivity contribution is 5.97. The molecule has 0 aromatic carbocycles.